The van der Waals surface area contributed by atoms with Crippen molar-refractivity contribution in [2.45, 2.75) is 18.7 Å². The molecular weight excluding hydrogens is 508 g/mol. The zero-order chi connectivity index (χ0) is 24.3. The maximum Gasteiger partial charge on any atom is 0.261 e. The lowest BCUT2D eigenvalue weighted by Crippen LogP contribution is -2.19. The third-order valence-corrected chi connectivity index (χ3v) is 7.66. The summed E-state index contributed by atoms with van der Waals surface area (Å²) in [6.45, 7) is 4.10. The van der Waals surface area contributed by atoms with Crippen molar-refractivity contribution in [3.8, 4) is 11.3 Å². The van der Waals surface area contributed by atoms with Gasteiger partial charge in [0.2, 0.25) is 0 Å². The number of aryl methyl sites for hydroxylation is 2. The van der Waals surface area contributed by atoms with Gasteiger partial charge in [-0.15, -0.1) is 11.3 Å². The number of hydrogen-bond donors (Lipinski definition) is 3. The predicted molar refractivity (Wildman–Crippen MR) is 146 cm³/mol. The van der Waals surface area contributed by atoms with E-state index in [1.165, 1.54) is 46.7 Å². The molecule has 0 bridgehead atoms. The number of halogens is 1. The summed E-state index contributed by atoms with van der Waals surface area (Å²) in [5, 5.41) is 9.56. The number of nitrogens with one attached hydrogen (secondary N) is 3. The van der Waals surface area contributed by atoms with Gasteiger partial charge in [0, 0.05) is 21.7 Å². The van der Waals surface area contributed by atoms with Crippen LogP contribution in [-0.2, 0) is 10.0 Å². The second kappa shape index (κ2) is 10.1. The number of sulfonamides is 1. The molecule has 34 heavy (non-hydrogen) atoms. The van der Waals surface area contributed by atoms with E-state index in [1.807, 2.05) is 42.6 Å². The van der Waals surface area contributed by atoms with Crippen LogP contribution in [0.15, 0.2) is 77.0 Å². The fourth-order valence-electron chi connectivity index (χ4n) is 3.15. The fraction of sp³-hybridized carbons (Fsp3) is 0.0833. The highest BCUT2D eigenvalue weighted by Crippen LogP contribution is 2.32. The molecule has 0 aliphatic rings. The van der Waals surface area contributed by atoms with Crippen LogP contribution in [0.3, 0.4) is 0 Å². The largest absolute Gasteiger partial charge is 0.332 e. The number of anilines is 3. The van der Waals surface area contributed by atoms with Crippen LogP contribution < -0.4 is 15.4 Å². The normalized spacial score (nSPS) is 11.1. The molecule has 0 unspecified atom stereocenters. The Morgan fingerprint density at radius 2 is 1.71 bits per heavy atom. The molecule has 0 saturated heterocycles. The molecule has 3 N–H and O–H groups in total. The molecule has 0 spiro atoms. The molecule has 1 heterocycles. The van der Waals surface area contributed by atoms with Crippen molar-refractivity contribution in [3.63, 3.8) is 0 Å². The van der Waals surface area contributed by atoms with Crippen LogP contribution in [0.1, 0.15) is 11.1 Å². The van der Waals surface area contributed by atoms with E-state index in [-0.39, 0.29) is 4.90 Å². The summed E-state index contributed by atoms with van der Waals surface area (Å²) < 4.78 is 28.4. The molecular formula is C24H21ClN4O2S3. The van der Waals surface area contributed by atoms with E-state index < -0.39 is 10.0 Å². The van der Waals surface area contributed by atoms with Crippen LogP contribution in [0.5, 0.6) is 0 Å². The Morgan fingerprint density at radius 1 is 0.971 bits per heavy atom. The minimum absolute atomic E-state index is 0.120. The van der Waals surface area contributed by atoms with Gasteiger partial charge in [-0.05, 0) is 79.7 Å². The molecule has 6 nitrogen and oxygen atoms in total. The van der Waals surface area contributed by atoms with Crippen molar-refractivity contribution in [1.29, 1.82) is 0 Å². The zero-order valence-corrected chi connectivity index (χ0v) is 21.5. The Morgan fingerprint density at radius 3 is 2.44 bits per heavy atom. The Bertz CT molecular complexity index is 1450. The average molecular weight is 529 g/mol. The number of rotatable bonds is 6. The summed E-state index contributed by atoms with van der Waals surface area (Å²) >= 11 is 12.7. The van der Waals surface area contributed by atoms with Crippen LogP contribution in [0.2, 0.25) is 5.02 Å². The number of thiocarbonyl (C=S) groups is 1. The summed E-state index contributed by atoms with van der Waals surface area (Å²) in [6, 6.07) is 19.1. The Hall–Kier alpha value is -2.98. The van der Waals surface area contributed by atoms with Crippen molar-refractivity contribution in [2.24, 2.45) is 0 Å². The van der Waals surface area contributed by atoms with Crippen molar-refractivity contribution in [2.75, 3.05) is 15.4 Å². The fourth-order valence-corrected chi connectivity index (χ4v) is 5.35. The lowest BCUT2D eigenvalue weighted by Gasteiger charge is -2.12. The molecule has 0 radical (unpaired) electrons. The smallest absolute Gasteiger partial charge is 0.261 e. The maximum absolute atomic E-state index is 12.9. The Labute approximate surface area is 213 Å². The number of para-hydroxylation sites is 1. The molecule has 0 atom stereocenters. The number of nitrogens with zero attached hydrogens (tertiary/aromatic N) is 1. The summed E-state index contributed by atoms with van der Waals surface area (Å²) in [5.41, 5.74) is 4.96. The average Bonchev–Trinajstić information content (AvgIpc) is 3.25. The molecule has 0 saturated carbocycles. The molecule has 174 valence electrons. The SMILES string of the molecule is Cc1ccc(NC(=S)Nc2nc(-c3ccccc3NS(=O)(=O)c3ccc(Cl)cc3)cs2)cc1C. The molecule has 4 rings (SSSR count). The van der Waals surface area contributed by atoms with Crippen molar-refractivity contribution < 1.29 is 8.42 Å². The van der Waals surface area contributed by atoms with Gasteiger partial charge in [0.1, 0.15) is 0 Å². The quantitative estimate of drug-likeness (QED) is 0.242. The number of aromatic nitrogens is 1. The van der Waals surface area contributed by atoms with E-state index in [2.05, 4.69) is 27.3 Å². The molecule has 4 aromatic rings. The first-order chi connectivity index (χ1) is 16.2. The summed E-state index contributed by atoms with van der Waals surface area (Å²) in [4.78, 5) is 4.72. The van der Waals surface area contributed by atoms with E-state index in [9.17, 15) is 8.42 Å². The van der Waals surface area contributed by atoms with Gasteiger partial charge >= 0.3 is 0 Å². The highest BCUT2D eigenvalue weighted by Gasteiger charge is 2.18. The highest BCUT2D eigenvalue weighted by molar-refractivity contribution is 7.92. The van der Waals surface area contributed by atoms with Gasteiger partial charge in [0.25, 0.3) is 10.0 Å². The molecule has 3 aromatic carbocycles. The third kappa shape index (κ3) is 5.74. The van der Waals surface area contributed by atoms with Crippen LogP contribution in [-0.4, -0.2) is 18.5 Å². The molecule has 1 aromatic heterocycles. The molecule has 0 aliphatic heterocycles. The Kier molecular flexibility index (Phi) is 7.18. The molecule has 0 amide bonds. The zero-order valence-electron chi connectivity index (χ0n) is 18.3. The van der Waals surface area contributed by atoms with E-state index in [4.69, 9.17) is 23.8 Å². The first-order valence-electron chi connectivity index (χ1n) is 10.2. The van der Waals surface area contributed by atoms with Crippen LogP contribution >= 0.6 is 35.2 Å². The minimum Gasteiger partial charge on any atom is -0.332 e. The number of benzene rings is 3. The van der Waals surface area contributed by atoms with Gasteiger partial charge in [-0.3, -0.25) is 4.72 Å². The van der Waals surface area contributed by atoms with Crippen molar-refractivity contribution in [3.05, 3.63) is 88.3 Å². The summed E-state index contributed by atoms with van der Waals surface area (Å²) in [6.07, 6.45) is 0. The lowest BCUT2D eigenvalue weighted by atomic mass is 10.1. The monoisotopic (exact) mass is 528 g/mol. The van der Waals surface area contributed by atoms with Gasteiger partial charge in [-0.1, -0.05) is 35.9 Å². The van der Waals surface area contributed by atoms with E-state index >= 15 is 0 Å². The maximum atomic E-state index is 12.9. The van der Waals surface area contributed by atoms with E-state index in [1.54, 1.807) is 12.1 Å². The van der Waals surface area contributed by atoms with Gasteiger partial charge in [0.15, 0.2) is 10.2 Å². The van der Waals surface area contributed by atoms with Crippen LogP contribution in [0, 0.1) is 13.8 Å². The molecule has 0 aliphatic carbocycles. The van der Waals surface area contributed by atoms with Crippen LogP contribution in [0.4, 0.5) is 16.5 Å². The number of hydrogen-bond acceptors (Lipinski definition) is 5. The molecule has 10 heteroatoms. The van der Waals surface area contributed by atoms with E-state index in [0.717, 1.165) is 5.69 Å². The van der Waals surface area contributed by atoms with Crippen molar-refractivity contribution in [1.82, 2.24) is 4.98 Å². The highest BCUT2D eigenvalue weighted by atomic mass is 35.5. The van der Waals surface area contributed by atoms with E-state index in [0.29, 0.717) is 32.2 Å². The van der Waals surface area contributed by atoms with Crippen LogP contribution in [0.25, 0.3) is 11.3 Å². The van der Waals surface area contributed by atoms with Crippen molar-refractivity contribution >= 4 is 66.8 Å². The first kappa shape index (κ1) is 24.2. The third-order valence-electron chi connectivity index (χ3n) is 5.06. The topological polar surface area (TPSA) is 83.1 Å². The standard InChI is InChI=1S/C24H21ClN4O2S3/c1-15-7-10-18(13-16(15)2)26-23(32)28-24-27-22(14-33-24)20-5-3-4-6-21(20)29-34(30,31)19-11-8-17(25)9-12-19/h3-14,29H,1-2H3,(H2,26,27,28,32). The van der Waals surface area contributed by atoms with Gasteiger partial charge in [0.05, 0.1) is 16.3 Å². The van der Waals surface area contributed by atoms with Gasteiger partial charge < -0.3 is 10.6 Å². The number of thiazole rings is 1. The molecule has 0 fully saturated rings. The van der Waals surface area contributed by atoms with Gasteiger partial charge in [-0.25, -0.2) is 13.4 Å². The first-order valence-corrected chi connectivity index (χ1v) is 13.3. The minimum atomic E-state index is -3.79. The summed E-state index contributed by atoms with van der Waals surface area (Å²) in [5.74, 6) is 0. The lowest BCUT2D eigenvalue weighted by molar-refractivity contribution is 0.601. The Balaban J connectivity index is 1.51. The second-order valence-electron chi connectivity index (χ2n) is 7.52. The summed E-state index contributed by atoms with van der Waals surface area (Å²) in [7, 11) is -3.79. The predicted octanol–water partition coefficient (Wildman–Crippen LogP) is 6.69. The second-order valence-corrected chi connectivity index (χ2v) is 10.9. The van der Waals surface area contributed by atoms with Gasteiger partial charge in [-0.2, -0.15) is 0 Å².